The van der Waals surface area contributed by atoms with E-state index in [0.717, 1.165) is 11.1 Å². The van der Waals surface area contributed by atoms with Gasteiger partial charge in [0.25, 0.3) is 5.91 Å². The van der Waals surface area contributed by atoms with E-state index in [9.17, 15) is 9.90 Å². The number of carbonyl (C=O) groups is 1. The summed E-state index contributed by atoms with van der Waals surface area (Å²) < 4.78 is 0. The molecule has 2 aromatic carbocycles. The number of rotatable bonds is 2. The molecule has 1 amide bonds. The summed E-state index contributed by atoms with van der Waals surface area (Å²) in [6, 6.07) is 13.1. The van der Waals surface area contributed by atoms with E-state index in [-0.39, 0.29) is 11.3 Å². The van der Waals surface area contributed by atoms with Crippen LogP contribution in [-0.2, 0) is 0 Å². The molecule has 0 bridgehead atoms. The minimum atomic E-state index is -0.622. The van der Waals surface area contributed by atoms with Gasteiger partial charge in [-0.3, -0.25) is 4.79 Å². The Kier molecular flexibility index (Phi) is 2.87. The van der Waals surface area contributed by atoms with Gasteiger partial charge in [0.05, 0.1) is 5.56 Å². The predicted molar refractivity (Wildman–Crippen MR) is 70.2 cm³/mol. The maximum Gasteiger partial charge on any atom is 0.252 e. The second-order valence-corrected chi connectivity index (χ2v) is 3.92. The lowest BCUT2D eigenvalue weighted by atomic mass is 9.88. The highest BCUT2D eigenvalue weighted by molar-refractivity contribution is 6.35. The molecule has 0 aliphatic carbocycles. The summed E-state index contributed by atoms with van der Waals surface area (Å²) in [6.07, 6.45) is 0. The molecule has 0 spiro atoms. The van der Waals surface area contributed by atoms with E-state index < -0.39 is 5.91 Å². The van der Waals surface area contributed by atoms with Gasteiger partial charge in [-0.2, -0.15) is 0 Å². The minimum absolute atomic E-state index is 0.0443. The van der Waals surface area contributed by atoms with Gasteiger partial charge in [-0.05, 0) is 22.7 Å². The third-order valence-corrected chi connectivity index (χ3v) is 2.67. The summed E-state index contributed by atoms with van der Waals surface area (Å²) in [7, 11) is 1.74. The average molecular weight is 225 g/mol. The van der Waals surface area contributed by atoms with E-state index in [2.05, 4.69) is 0 Å². The van der Waals surface area contributed by atoms with Gasteiger partial charge in [0.15, 0.2) is 0 Å². The smallest absolute Gasteiger partial charge is 0.252 e. The third kappa shape index (κ3) is 2.15. The quantitative estimate of drug-likeness (QED) is 0.727. The number of hydrogen-bond donors (Lipinski definition) is 2. The van der Waals surface area contributed by atoms with Crippen molar-refractivity contribution in [3.05, 3.63) is 48.0 Å². The number of primary amides is 1. The highest BCUT2D eigenvalue weighted by Gasteiger charge is 2.12. The first-order valence-electron chi connectivity index (χ1n) is 5.28. The van der Waals surface area contributed by atoms with Crippen LogP contribution in [0.15, 0.2) is 42.5 Å². The molecule has 0 aromatic heterocycles. The van der Waals surface area contributed by atoms with Crippen molar-refractivity contribution in [3.8, 4) is 16.9 Å². The number of carbonyl (C=O) groups excluding carboxylic acids is 1. The molecule has 0 fully saturated rings. The van der Waals surface area contributed by atoms with Gasteiger partial charge in [-0.15, -0.1) is 0 Å². The van der Waals surface area contributed by atoms with Crippen LogP contribution < -0.4 is 11.2 Å². The zero-order valence-electron chi connectivity index (χ0n) is 9.47. The van der Waals surface area contributed by atoms with E-state index in [0.29, 0.717) is 5.46 Å². The summed E-state index contributed by atoms with van der Waals surface area (Å²) >= 11 is 0. The van der Waals surface area contributed by atoms with Crippen LogP contribution in [0.3, 0.4) is 0 Å². The first-order valence-corrected chi connectivity index (χ1v) is 5.28. The Bertz CT molecular complexity index is 567. The van der Waals surface area contributed by atoms with Gasteiger partial charge in [0.1, 0.15) is 13.6 Å². The summed E-state index contributed by atoms with van der Waals surface area (Å²) in [4.78, 5) is 11.2. The monoisotopic (exact) mass is 225 g/mol. The molecule has 3 N–H and O–H groups in total. The van der Waals surface area contributed by atoms with Crippen LogP contribution in [0.2, 0.25) is 0 Å². The molecule has 0 saturated heterocycles. The zero-order chi connectivity index (χ0) is 12.4. The standard InChI is InChI=1S/C13H12BNO2/c14-11-7-9(8-4-2-1-3-5-8)6-10(12(11)16)13(15)17/h1-7,16H,14H2,(H2,15,17). The molecule has 0 atom stereocenters. The first kappa shape index (κ1) is 11.3. The molecule has 0 saturated carbocycles. The van der Waals surface area contributed by atoms with Crippen LogP contribution in [0.1, 0.15) is 10.4 Å². The lowest BCUT2D eigenvalue weighted by Crippen LogP contribution is -2.16. The van der Waals surface area contributed by atoms with Gasteiger partial charge < -0.3 is 10.8 Å². The highest BCUT2D eigenvalue weighted by atomic mass is 16.3. The van der Waals surface area contributed by atoms with Crippen LogP contribution in [0, 0.1) is 0 Å². The van der Waals surface area contributed by atoms with Gasteiger partial charge in [-0.25, -0.2) is 0 Å². The Hall–Kier alpha value is -2.23. The van der Waals surface area contributed by atoms with E-state index in [1.807, 2.05) is 36.4 Å². The Morgan fingerprint density at radius 2 is 1.76 bits per heavy atom. The van der Waals surface area contributed by atoms with E-state index in [1.54, 1.807) is 13.9 Å². The Morgan fingerprint density at radius 3 is 2.35 bits per heavy atom. The topological polar surface area (TPSA) is 63.3 Å². The SMILES string of the molecule is Bc1cc(-c2ccccc2)cc(C(N)=O)c1O. The molecule has 17 heavy (non-hydrogen) atoms. The number of amides is 1. The summed E-state index contributed by atoms with van der Waals surface area (Å²) in [6.45, 7) is 0. The molecule has 3 nitrogen and oxygen atoms in total. The van der Waals surface area contributed by atoms with Crippen LogP contribution in [-0.4, -0.2) is 18.9 Å². The van der Waals surface area contributed by atoms with E-state index in [1.165, 1.54) is 0 Å². The lowest BCUT2D eigenvalue weighted by Gasteiger charge is -2.08. The Morgan fingerprint density at radius 1 is 1.12 bits per heavy atom. The van der Waals surface area contributed by atoms with Crippen molar-refractivity contribution in [3.63, 3.8) is 0 Å². The molecule has 2 rings (SSSR count). The Balaban J connectivity index is 2.61. The van der Waals surface area contributed by atoms with E-state index >= 15 is 0 Å². The molecule has 0 heterocycles. The molecule has 0 unspecified atom stereocenters. The van der Waals surface area contributed by atoms with Crippen LogP contribution in [0.5, 0.6) is 5.75 Å². The largest absolute Gasteiger partial charge is 0.508 e. The highest BCUT2D eigenvalue weighted by Crippen LogP contribution is 2.23. The molecule has 0 radical (unpaired) electrons. The second-order valence-electron chi connectivity index (χ2n) is 3.92. The van der Waals surface area contributed by atoms with Crippen molar-refractivity contribution >= 4 is 19.2 Å². The fourth-order valence-electron chi connectivity index (χ4n) is 1.76. The molecule has 0 aliphatic rings. The fraction of sp³-hybridized carbons (Fsp3) is 0. The average Bonchev–Trinajstić information content (AvgIpc) is 2.33. The van der Waals surface area contributed by atoms with Crippen molar-refractivity contribution in [1.29, 1.82) is 0 Å². The Labute approximate surface area is 100 Å². The van der Waals surface area contributed by atoms with Gasteiger partial charge in [0, 0.05) is 0 Å². The molecular weight excluding hydrogens is 213 g/mol. The van der Waals surface area contributed by atoms with E-state index in [4.69, 9.17) is 5.73 Å². The maximum atomic E-state index is 11.2. The third-order valence-electron chi connectivity index (χ3n) is 2.67. The molecule has 4 heteroatoms. The maximum absolute atomic E-state index is 11.2. The van der Waals surface area contributed by atoms with Gasteiger partial charge in [0.2, 0.25) is 0 Å². The van der Waals surface area contributed by atoms with Crippen molar-refractivity contribution in [2.75, 3.05) is 0 Å². The van der Waals surface area contributed by atoms with Crippen LogP contribution in [0.25, 0.3) is 11.1 Å². The summed E-state index contributed by atoms with van der Waals surface area (Å²) in [5, 5.41) is 9.74. The number of aromatic hydroxyl groups is 1. The van der Waals surface area contributed by atoms with Crippen molar-refractivity contribution < 1.29 is 9.90 Å². The molecule has 0 aliphatic heterocycles. The summed E-state index contributed by atoms with van der Waals surface area (Å²) in [5.41, 5.74) is 7.88. The predicted octanol–water partition coefficient (Wildman–Crippen LogP) is 0.417. The second kappa shape index (κ2) is 4.33. The van der Waals surface area contributed by atoms with Gasteiger partial charge >= 0.3 is 0 Å². The van der Waals surface area contributed by atoms with Crippen molar-refractivity contribution in [2.45, 2.75) is 0 Å². The molecular formula is C13H12BNO2. The van der Waals surface area contributed by atoms with Gasteiger partial charge in [-0.1, -0.05) is 36.4 Å². The van der Waals surface area contributed by atoms with Crippen molar-refractivity contribution in [1.82, 2.24) is 0 Å². The van der Waals surface area contributed by atoms with Crippen LogP contribution in [0.4, 0.5) is 0 Å². The number of hydrogen-bond acceptors (Lipinski definition) is 2. The lowest BCUT2D eigenvalue weighted by molar-refractivity contribution is 0.0998. The molecule has 2 aromatic rings. The first-order chi connectivity index (χ1) is 8.09. The number of phenols is 1. The number of nitrogens with two attached hydrogens (primary N) is 1. The van der Waals surface area contributed by atoms with Crippen molar-refractivity contribution in [2.24, 2.45) is 5.73 Å². The zero-order valence-corrected chi connectivity index (χ0v) is 9.47. The van der Waals surface area contributed by atoms with Crippen LogP contribution >= 0.6 is 0 Å². The normalized spacial score (nSPS) is 10.1. The fourth-order valence-corrected chi connectivity index (χ4v) is 1.76. The summed E-state index contributed by atoms with van der Waals surface area (Å²) in [5.74, 6) is -0.666. The number of benzene rings is 2. The molecule has 84 valence electrons. The minimum Gasteiger partial charge on any atom is -0.508 e.